The Morgan fingerprint density at radius 1 is 1.03 bits per heavy atom. The van der Waals surface area contributed by atoms with Crippen LogP contribution in [0, 0.1) is 16.7 Å². The quantitative estimate of drug-likeness (QED) is 0.280. The molecule has 4 N–H and O–H groups in total. The van der Waals surface area contributed by atoms with Gasteiger partial charge in [-0.1, -0.05) is 48.5 Å². The molecule has 0 unspecified atom stereocenters. The third-order valence-corrected chi connectivity index (χ3v) is 5.50. The van der Waals surface area contributed by atoms with Crippen LogP contribution >= 0.6 is 0 Å². The Morgan fingerprint density at radius 3 is 2.23 bits per heavy atom. The van der Waals surface area contributed by atoms with Crippen molar-refractivity contribution in [3.8, 4) is 5.75 Å². The number of ether oxygens (including phenoxy) is 2. The van der Waals surface area contributed by atoms with Crippen molar-refractivity contribution in [3.05, 3.63) is 66.2 Å². The van der Waals surface area contributed by atoms with E-state index >= 15 is 0 Å². The van der Waals surface area contributed by atoms with Crippen LogP contribution in [0.1, 0.15) is 31.2 Å². The highest BCUT2D eigenvalue weighted by Gasteiger charge is 2.45. The Labute approximate surface area is 176 Å². The number of hydrogen-bond donors (Lipinski definition) is 3. The van der Waals surface area contributed by atoms with Crippen molar-refractivity contribution in [1.29, 1.82) is 5.41 Å². The van der Waals surface area contributed by atoms with Crippen LogP contribution in [0.2, 0.25) is 0 Å². The minimum Gasteiger partial charge on any atom is -0.460 e. The molecule has 0 heterocycles. The van der Waals surface area contributed by atoms with Crippen LogP contribution in [0.15, 0.2) is 60.7 Å². The first-order valence-electron chi connectivity index (χ1n) is 10.0. The zero-order chi connectivity index (χ0) is 21.4. The summed E-state index contributed by atoms with van der Waals surface area (Å²) in [5.41, 5.74) is 5.52. The third kappa shape index (κ3) is 5.59. The van der Waals surface area contributed by atoms with Crippen molar-refractivity contribution in [2.24, 2.45) is 17.1 Å². The first-order valence-corrected chi connectivity index (χ1v) is 10.0. The Morgan fingerprint density at radius 2 is 1.63 bits per heavy atom. The molecule has 0 bridgehead atoms. The molecule has 0 aromatic heterocycles. The number of carbonyl (C=O) groups is 2. The zero-order valence-electron chi connectivity index (χ0n) is 16.8. The summed E-state index contributed by atoms with van der Waals surface area (Å²) in [7, 11) is 0. The van der Waals surface area contributed by atoms with Gasteiger partial charge in [-0.3, -0.25) is 15.0 Å². The van der Waals surface area contributed by atoms with E-state index in [1.54, 1.807) is 12.1 Å². The van der Waals surface area contributed by atoms with Crippen molar-refractivity contribution in [2.75, 3.05) is 6.54 Å². The lowest BCUT2D eigenvalue weighted by Crippen LogP contribution is -2.48. The van der Waals surface area contributed by atoms with Crippen molar-refractivity contribution >= 4 is 17.9 Å². The van der Waals surface area contributed by atoms with Gasteiger partial charge in [0.15, 0.2) is 5.96 Å². The lowest BCUT2D eigenvalue weighted by Gasteiger charge is -2.37. The van der Waals surface area contributed by atoms with Crippen molar-refractivity contribution in [1.82, 2.24) is 5.32 Å². The topological polar surface area (TPSA) is 115 Å². The fraction of sp³-hybridized carbons (Fsp3) is 0.348. The molecule has 3 rings (SSSR count). The Balaban J connectivity index is 1.62. The summed E-state index contributed by atoms with van der Waals surface area (Å²) < 4.78 is 11.0. The number of esters is 2. The van der Waals surface area contributed by atoms with Gasteiger partial charge in [-0.15, -0.1) is 0 Å². The van der Waals surface area contributed by atoms with E-state index in [9.17, 15) is 9.59 Å². The molecule has 0 atom stereocenters. The van der Waals surface area contributed by atoms with E-state index in [-0.39, 0.29) is 37.0 Å². The predicted molar refractivity (Wildman–Crippen MR) is 113 cm³/mol. The maximum atomic E-state index is 13.0. The summed E-state index contributed by atoms with van der Waals surface area (Å²) in [5.74, 6) is -0.588. The number of nitrogens with two attached hydrogens (primary N) is 1. The number of rotatable bonds is 7. The molecular weight excluding hydrogens is 382 g/mol. The van der Waals surface area contributed by atoms with Gasteiger partial charge in [0, 0.05) is 6.54 Å². The lowest BCUT2D eigenvalue weighted by molar-refractivity contribution is -0.161. The van der Waals surface area contributed by atoms with Crippen molar-refractivity contribution < 1.29 is 19.1 Å². The van der Waals surface area contributed by atoms with Crippen LogP contribution in [-0.2, 0) is 20.9 Å². The van der Waals surface area contributed by atoms with Crippen LogP contribution in [0.5, 0.6) is 5.75 Å². The summed E-state index contributed by atoms with van der Waals surface area (Å²) in [5, 5.41) is 10.2. The number of nitrogens with one attached hydrogen (secondary N) is 2. The molecule has 30 heavy (non-hydrogen) atoms. The average molecular weight is 409 g/mol. The van der Waals surface area contributed by atoms with Gasteiger partial charge in [0.05, 0.1) is 11.3 Å². The van der Waals surface area contributed by atoms with E-state index in [0.717, 1.165) is 5.56 Å². The molecule has 0 amide bonds. The molecule has 0 aliphatic heterocycles. The van der Waals surface area contributed by atoms with Gasteiger partial charge < -0.3 is 20.5 Å². The van der Waals surface area contributed by atoms with Crippen LogP contribution in [0.25, 0.3) is 0 Å². The monoisotopic (exact) mass is 409 g/mol. The molecule has 2 aromatic rings. The predicted octanol–water partition coefficient (Wildman–Crippen LogP) is 3.00. The van der Waals surface area contributed by atoms with Crippen LogP contribution in [0.4, 0.5) is 0 Å². The fourth-order valence-corrected chi connectivity index (χ4v) is 3.69. The second-order valence-electron chi connectivity index (χ2n) is 7.62. The van der Waals surface area contributed by atoms with E-state index in [0.29, 0.717) is 31.4 Å². The smallest absolute Gasteiger partial charge is 0.314 e. The first kappa shape index (κ1) is 21.4. The fourth-order valence-electron chi connectivity index (χ4n) is 3.69. The normalized spacial score (nSPS) is 20.7. The molecule has 1 fully saturated rings. The SMILES string of the molecule is N=C(N)NCC1(C(=O)OCc2ccccc2)CCC(C(=O)Oc2ccccc2)CC1. The highest BCUT2D eigenvalue weighted by atomic mass is 16.5. The number of guanidine groups is 1. The third-order valence-electron chi connectivity index (χ3n) is 5.50. The summed E-state index contributed by atoms with van der Waals surface area (Å²) in [4.78, 5) is 25.5. The molecule has 158 valence electrons. The highest BCUT2D eigenvalue weighted by molar-refractivity contribution is 5.81. The molecule has 2 aromatic carbocycles. The average Bonchev–Trinajstić information content (AvgIpc) is 2.77. The Bertz CT molecular complexity index is 863. The Kier molecular flexibility index (Phi) is 7.06. The minimum atomic E-state index is -0.829. The van der Waals surface area contributed by atoms with Crippen LogP contribution in [0.3, 0.4) is 0 Å². The van der Waals surface area contributed by atoms with Gasteiger partial charge in [0.2, 0.25) is 0 Å². The van der Waals surface area contributed by atoms with Crippen molar-refractivity contribution in [3.63, 3.8) is 0 Å². The first-order chi connectivity index (χ1) is 14.5. The van der Waals surface area contributed by atoms with E-state index in [2.05, 4.69) is 5.32 Å². The molecule has 7 heteroatoms. The summed E-state index contributed by atoms with van der Waals surface area (Å²) >= 11 is 0. The second-order valence-corrected chi connectivity index (χ2v) is 7.62. The molecule has 1 saturated carbocycles. The molecule has 1 aliphatic carbocycles. The lowest BCUT2D eigenvalue weighted by atomic mass is 9.70. The van der Waals surface area contributed by atoms with Crippen molar-refractivity contribution in [2.45, 2.75) is 32.3 Å². The van der Waals surface area contributed by atoms with Gasteiger partial charge in [-0.05, 0) is 43.4 Å². The molecule has 0 spiro atoms. The maximum Gasteiger partial charge on any atom is 0.314 e. The van der Waals surface area contributed by atoms with Gasteiger partial charge >= 0.3 is 11.9 Å². The number of carbonyl (C=O) groups excluding carboxylic acids is 2. The van der Waals surface area contributed by atoms with Gasteiger partial charge in [-0.25, -0.2) is 0 Å². The van der Waals surface area contributed by atoms with Gasteiger partial charge in [0.25, 0.3) is 0 Å². The standard InChI is InChI=1S/C23H27N3O4/c24-22(25)26-16-23(21(28)29-15-17-7-3-1-4-8-17)13-11-18(12-14-23)20(27)30-19-9-5-2-6-10-19/h1-10,18H,11-16H2,(H4,24,25,26). The number of hydrogen-bond acceptors (Lipinski definition) is 5. The molecule has 7 nitrogen and oxygen atoms in total. The van der Waals surface area contributed by atoms with Crippen LogP contribution in [-0.4, -0.2) is 24.4 Å². The van der Waals surface area contributed by atoms with E-state index in [1.165, 1.54) is 0 Å². The largest absolute Gasteiger partial charge is 0.460 e. The number of para-hydroxylation sites is 1. The van der Waals surface area contributed by atoms with Gasteiger partial charge in [-0.2, -0.15) is 0 Å². The highest BCUT2D eigenvalue weighted by Crippen LogP contribution is 2.40. The van der Waals surface area contributed by atoms with E-state index in [4.69, 9.17) is 20.6 Å². The molecule has 0 saturated heterocycles. The maximum absolute atomic E-state index is 13.0. The zero-order valence-corrected chi connectivity index (χ0v) is 16.8. The van der Waals surface area contributed by atoms with Crippen LogP contribution < -0.4 is 15.8 Å². The second kappa shape index (κ2) is 9.91. The molecule has 0 radical (unpaired) electrons. The minimum absolute atomic E-state index is 0.182. The summed E-state index contributed by atoms with van der Waals surface area (Å²) in [6.45, 7) is 0.386. The summed E-state index contributed by atoms with van der Waals surface area (Å²) in [6, 6.07) is 18.4. The van der Waals surface area contributed by atoms with Gasteiger partial charge in [0.1, 0.15) is 12.4 Å². The molecular formula is C23H27N3O4. The number of benzene rings is 2. The van der Waals surface area contributed by atoms with E-state index in [1.807, 2.05) is 48.5 Å². The summed E-state index contributed by atoms with van der Waals surface area (Å²) in [6.07, 6.45) is 1.92. The van der Waals surface area contributed by atoms with E-state index < -0.39 is 5.41 Å². The Hall–Kier alpha value is -3.35. The molecule has 1 aliphatic rings.